The number of alkyl halides is 2. The normalized spacial score (nSPS) is 15.7. The summed E-state index contributed by atoms with van der Waals surface area (Å²) in [6.07, 6.45) is 3.40. The average molecular weight is 205 g/mol. The van der Waals surface area contributed by atoms with Crippen molar-refractivity contribution in [3.63, 3.8) is 0 Å². The molecule has 0 aromatic heterocycles. The first-order valence-corrected chi connectivity index (χ1v) is 5.20. The minimum atomic E-state index is -2.65. The van der Waals surface area contributed by atoms with Crippen LogP contribution in [0.5, 0.6) is 0 Å². The highest BCUT2D eigenvalue weighted by Crippen LogP contribution is 2.24. The lowest BCUT2D eigenvalue weighted by atomic mass is 10.0. The zero-order valence-electron chi connectivity index (χ0n) is 9.53. The molecule has 0 saturated heterocycles. The van der Waals surface area contributed by atoms with Gasteiger partial charge in [0, 0.05) is 6.42 Å². The van der Waals surface area contributed by atoms with Crippen molar-refractivity contribution in [3.05, 3.63) is 11.6 Å². The van der Waals surface area contributed by atoms with Gasteiger partial charge < -0.3 is 5.32 Å². The number of hydrogen-bond acceptors (Lipinski definition) is 1. The summed E-state index contributed by atoms with van der Waals surface area (Å²) in [5.41, 5.74) is 1.03. The van der Waals surface area contributed by atoms with Gasteiger partial charge in [0.1, 0.15) is 0 Å². The molecule has 0 aliphatic carbocycles. The molecule has 84 valence electrons. The summed E-state index contributed by atoms with van der Waals surface area (Å²) in [4.78, 5) is 0. The van der Waals surface area contributed by atoms with Crippen molar-refractivity contribution < 1.29 is 8.78 Å². The number of halogens is 2. The van der Waals surface area contributed by atoms with Crippen molar-refractivity contribution in [2.24, 2.45) is 0 Å². The van der Waals surface area contributed by atoms with E-state index in [9.17, 15) is 8.78 Å². The third-order valence-corrected chi connectivity index (χ3v) is 2.33. The Kier molecular flexibility index (Phi) is 5.93. The average Bonchev–Trinajstić information content (AvgIpc) is 2.14. The Hall–Kier alpha value is -0.440. The standard InChI is InChI=1S/C11H21F2N/c1-5-7-9(3)8-10(14-4)11(12,13)6-2/h8,10,14H,5-7H2,1-4H3/b9-8+. The Labute approximate surface area is 85.6 Å². The molecule has 1 atom stereocenters. The minimum Gasteiger partial charge on any atom is -0.309 e. The predicted octanol–water partition coefficient (Wildman–Crippen LogP) is 3.37. The second kappa shape index (κ2) is 6.12. The van der Waals surface area contributed by atoms with Crippen molar-refractivity contribution in [1.82, 2.24) is 5.32 Å². The minimum absolute atomic E-state index is 0.131. The molecule has 0 radical (unpaired) electrons. The van der Waals surface area contributed by atoms with Crippen LogP contribution in [0, 0.1) is 0 Å². The van der Waals surface area contributed by atoms with Crippen molar-refractivity contribution in [3.8, 4) is 0 Å². The Morgan fingerprint density at radius 1 is 1.43 bits per heavy atom. The lowest BCUT2D eigenvalue weighted by Gasteiger charge is -2.23. The summed E-state index contributed by atoms with van der Waals surface area (Å²) in [6.45, 7) is 5.45. The van der Waals surface area contributed by atoms with Crippen molar-refractivity contribution in [2.45, 2.75) is 52.0 Å². The number of nitrogens with one attached hydrogen (secondary N) is 1. The van der Waals surface area contributed by atoms with Gasteiger partial charge in [-0.25, -0.2) is 8.78 Å². The monoisotopic (exact) mass is 205 g/mol. The Balaban J connectivity index is 4.49. The zero-order valence-corrected chi connectivity index (χ0v) is 9.53. The van der Waals surface area contributed by atoms with Gasteiger partial charge in [0.2, 0.25) is 0 Å². The topological polar surface area (TPSA) is 12.0 Å². The molecule has 0 fully saturated rings. The van der Waals surface area contributed by atoms with Crippen LogP contribution < -0.4 is 5.32 Å². The van der Waals surface area contributed by atoms with Gasteiger partial charge in [-0.05, 0) is 20.4 Å². The maximum atomic E-state index is 13.3. The molecule has 1 unspecified atom stereocenters. The quantitative estimate of drug-likeness (QED) is 0.655. The summed E-state index contributed by atoms with van der Waals surface area (Å²) >= 11 is 0. The molecule has 0 heterocycles. The van der Waals surface area contributed by atoms with Gasteiger partial charge in [-0.15, -0.1) is 0 Å². The largest absolute Gasteiger partial charge is 0.309 e. The maximum Gasteiger partial charge on any atom is 0.266 e. The molecule has 14 heavy (non-hydrogen) atoms. The summed E-state index contributed by atoms with van der Waals surface area (Å²) < 4.78 is 26.6. The fourth-order valence-electron chi connectivity index (χ4n) is 1.40. The van der Waals surface area contributed by atoms with E-state index in [4.69, 9.17) is 0 Å². The predicted molar refractivity (Wildman–Crippen MR) is 56.8 cm³/mol. The first kappa shape index (κ1) is 13.6. The van der Waals surface area contributed by atoms with Gasteiger partial charge in [-0.3, -0.25) is 0 Å². The molecule has 0 aromatic carbocycles. The number of rotatable bonds is 6. The van der Waals surface area contributed by atoms with E-state index < -0.39 is 12.0 Å². The van der Waals surface area contributed by atoms with E-state index in [-0.39, 0.29) is 6.42 Å². The smallest absolute Gasteiger partial charge is 0.266 e. The first-order chi connectivity index (χ1) is 6.47. The van der Waals surface area contributed by atoms with Crippen molar-refractivity contribution in [2.75, 3.05) is 7.05 Å². The fourth-order valence-corrected chi connectivity index (χ4v) is 1.40. The Morgan fingerprint density at radius 2 is 2.00 bits per heavy atom. The van der Waals surface area contributed by atoms with Crippen molar-refractivity contribution >= 4 is 0 Å². The van der Waals surface area contributed by atoms with E-state index in [0.29, 0.717) is 0 Å². The van der Waals surface area contributed by atoms with Crippen molar-refractivity contribution in [1.29, 1.82) is 0 Å². The molecule has 0 aliphatic heterocycles. The van der Waals surface area contributed by atoms with Gasteiger partial charge in [0.25, 0.3) is 5.92 Å². The molecule has 0 amide bonds. The van der Waals surface area contributed by atoms with Crippen LogP contribution >= 0.6 is 0 Å². The van der Waals surface area contributed by atoms with Crippen LogP contribution in [0.2, 0.25) is 0 Å². The van der Waals surface area contributed by atoms with Crippen LogP contribution in [0.4, 0.5) is 8.78 Å². The molecule has 0 spiro atoms. The van der Waals surface area contributed by atoms with E-state index in [0.717, 1.165) is 18.4 Å². The number of allylic oxidation sites excluding steroid dienone is 1. The Bertz CT molecular complexity index is 188. The fraction of sp³-hybridized carbons (Fsp3) is 0.818. The number of hydrogen-bond donors (Lipinski definition) is 1. The zero-order chi connectivity index (χ0) is 11.2. The number of likely N-dealkylation sites (N-methyl/N-ethyl adjacent to an activating group) is 1. The molecule has 0 saturated carbocycles. The van der Waals surface area contributed by atoms with Crippen LogP contribution in [-0.4, -0.2) is 19.0 Å². The van der Waals surface area contributed by atoms with Crippen LogP contribution in [-0.2, 0) is 0 Å². The van der Waals surface area contributed by atoms with E-state index in [1.807, 2.05) is 13.8 Å². The van der Waals surface area contributed by atoms with Crippen LogP contribution in [0.15, 0.2) is 11.6 Å². The molecule has 3 heteroatoms. The SMILES string of the molecule is CCC/C(C)=C/C(NC)C(F)(F)CC. The first-order valence-electron chi connectivity index (χ1n) is 5.20. The molecule has 1 N–H and O–H groups in total. The highest BCUT2D eigenvalue weighted by Gasteiger charge is 2.34. The summed E-state index contributed by atoms with van der Waals surface area (Å²) in [6, 6.07) is -0.834. The van der Waals surface area contributed by atoms with E-state index >= 15 is 0 Å². The third-order valence-electron chi connectivity index (χ3n) is 2.33. The van der Waals surface area contributed by atoms with E-state index in [1.54, 1.807) is 13.1 Å². The van der Waals surface area contributed by atoms with Gasteiger partial charge in [-0.1, -0.05) is 31.9 Å². The van der Waals surface area contributed by atoms with Crippen LogP contribution in [0.1, 0.15) is 40.0 Å². The van der Waals surface area contributed by atoms with Crippen LogP contribution in [0.25, 0.3) is 0 Å². The van der Waals surface area contributed by atoms with Gasteiger partial charge >= 0.3 is 0 Å². The highest BCUT2D eigenvalue weighted by molar-refractivity contribution is 5.07. The Morgan fingerprint density at radius 3 is 2.36 bits per heavy atom. The van der Waals surface area contributed by atoms with Gasteiger partial charge in [-0.2, -0.15) is 0 Å². The second-order valence-corrected chi connectivity index (χ2v) is 3.64. The van der Waals surface area contributed by atoms with Gasteiger partial charge in [0.15, 0.2) is 0 Å². The molecular weight excluding hydrogens is 184 g/mol. The summed E-state index contributed by atoms with van der Waals surface area (Å²) in [7, 11) is 1.57. The van der Waals surface area contributed by atoms with Crippen LogP contribution in [0.3, 0.4) is 0 Å². The summed E-state index contributed by atoms with van der Waals surface area (Å²) in [5.74, 6) is -2.65. The molecule has 0 bridgehead atoms. The van der Waals surface area contributed by atoms with E-state index in [2.05, 4.69) is 5.32 Å². The second-order valence-electron chi connectivity index (χ2n) is 3.64. The molecule has 0 aromatic rings. The van der Waals surface area contributed by atoms with Gasteiger partial charge in [0.05, 0.1) is 6.04 Å². The molecule has 0 aliphatic rings. The lowest BCUT2D eigenvalue weighted by molar-refractivity contribution is -0.0238. The lowest BCUT2D eigenvalue weighted by Crippen LogP contribution is -2.41. The maximum absolute atomic E-state index is 13.3. The highest BCUT2D eigenvalue weighted by atomic mass is 19.3. The molecule has 1 nitrogen and oxygen atoms in total. The summed E-state index contributed by atoms with van der Waals surface area (Å²) in [5, 5.41) is 2.66. The molecular formula is C11H21F2N. The third kappa shape index (κ3) is 4.18. The van der Waals surface area contributed by atoms with E-state index in [1.165, 1.54) is 6.92 Å². The molecule has 0 rings (SSSR count).